The molecule has 0 amide bonds. The van der Waals surface area contributed by atoms with Crippen LogP contribution in [0.25, 0.3) is 0 Å². The van der Waals surface area contributed by atoms with Crippen molar-refractivity contribution in [3.8, 4) is 0 Å². The van der Waals surface area contributed by atoms with E-state index >= 15 is 0 Å². The van der Waals surface area contributed by atoms with Crippen molar-refractivity contribution in [1.82, 2.24) is 15.2 Å². The molecule has 0 unspecified atom stereocenters. The Labute approximate surface area is 140 Å². The van der Waals surface area contributed by atoms with Crippen LogP contribution in [-0.2, 0) is 11.2 Å². The van der Waals surface area contributed by atoms with E-state index in [4.69, 9.17) is 4.98 Å². The quantitative estimate of drug-likeness (QED) is 0.778. The fourth-order valence-corrected chi connectivity index (χ4v) is 4.95. The molecular weight excluding hydrogens is 309 g/mol. The number of halogens is 1. The molecule has 0 spiro atoms. The largest absolute Gasteiger partial charge is 0.224 e. The van der Waals surface area contributed by atoms with Crippen molar-refractivity contribution in [1.29, 1.82) is 0 Å². The van der Waals surface area contributed by atoms with E-state index in [-0.39, 0.29) is 16.6 Å². The molecule has 1 fully saturated rings. The first-order valence-corrected chi connectivity index (χ1v) is 9.03. The molecule has 0 saturated heterocycles. The molecule has 3 nitrogen and oxygen atoms in total. The molecule has 0 N–H and O–H groups in total. The maximum Gasteiger partial charge on any atom is 0.209 e. The number of aromatic nitrogens is 3. The van der Waals surface area contributed by atoms with Crippen LogP contribution >= 0.6 is 11.8 Å². The summed E-state index contributed by atoms with van der Waals surface area (Å²) >= 11 is 1.46. The zero-order valence-electron chi connectivity index (χ0n) is 13.6. The van der Waals surface area contributed by atoms with Gasteiger partial charge >= 0.3 is 0 Å². The highest BCUT2D eigenvalue weighted by Crippen LogP contribution is 2.66. The average Bonchev–Trinajstić information content (AvgIpc) is 2.86. The monoisotopic (exact) mass is 329 g/mol. The lowest BCUT2D eigenvalue weighted by Gasteiger charge is -2.33. The number of benzene rings is 1. The summed E-state index contributed by atoms with van der Waals surface area (Å²) in [4.78, 5) is 4.81. The van der Waals surface area contributed by atoms with Crippen LogP contribution in [0.3, 0.4) is 0 Å². The predicted molar refractivity (Wildman–Crippen MR) is 88.9 cm³/mol. The summed E-state index contributed by atoms with van der Waals surface area (Å²) in [6.45, 7) is 6.94. The Hall–Kier alpha value is -1.49. The lowest BCUT2D eigenvalue weighted by Crippen LogP contribution is -2.32. The zero-order valence-corrected chi connectivity index (χ0v) is 14.5. The third-order valence-electron chi connectivity index (χ3n) is 6.09. The van der Waals surface area contributed by atoms with Crippen LogP contribution in [0.4, 0.5) is 4.39 Å². The van der Waals surface area contributed by atoms with Gasteiger partial charge in [-0.1, -0.05) is 50.7 Å². The summed E-state index contributed by atoms with van der Waals surface area (Å²) in [7, 11) is 0. The molecule has 5 heteroatoms. The lowest BCUT2D eigenvalue weighted by molar-refractivity contribution is 0.226. The van der Waals surface area contributed by atoms with Crippen LogP contribution in [-0.4, -0.2) is 15.2 Å². The van der Waals surface area contributed by atoms with E-state index in [1.807, 2.05) is 6.07 Å². The second-order valence-electron chi connectivity index (χ2n) is 7.35. The van der Waals surface area contributed by atoms with E-state index in [9.17, 15) is 4.39 Å². The van der Waals surface area contributed by atoms with E-state index in [0.717, 1.165) is 17.8 Å². The minimum Gasteiger partial charge on any atom is -0.224 e. The lowest BCUT2D eigenvalue weighted by atomic mass is 9.70. The Bertz CT molecular complexity index is 777. The van der Waals surface area contributed by atoms with E-state index < -0.39 is 0 Å². The Morgan fingerprint density at radius 3 is 2.78 bits per heavy atom. The molecule has 4 rings (SSSR count). The van der Waals surface area contributed by atoms with Crippen LogP contribution in [0, 0.1) is 11.2 Å². The number of rotatable bonds is 3. The van der Waals surface area contributed by atoms with Crippen LogP contribution in [0.2, 0.25) is 0 Å². The van der Waals surface area contributed by atoms with Gasteiger partial charge in [-0.25, -0.2) is 9.37 Å². The van der Waals surface area contributed by atoms with Crippen LogP contribution in [0.1, 0.15) is 56.5 Å². The number of thioether (sulfide) groups is 1. The van der Waals surface area contributed by atoms with Crippen molar-refractivity contribution in [3.05, 3.63) is 47.0 Å². The first-order chi connectivity index (χ1) is 10.9. The zero-order chi connectivity index (χ0) is 16.2. The Morgan fingerprint density at radius 1 is 1.22 bits per heavy atom. The molecular formula is C18H20FN3S. The molecule has 1 saturated carbocycles. The summed E-state index contributed by atoms with van der Waals surface area (Å²) in [5, 5.41) is 9.43. The third-order valence-corrected chi connectivity index (χ3v) is 6.97. The van der Waals surface area contributed by atoms with Gasteiger partial charge in [0.2, 0.25) is 5.16 Å². The summed E-state index contributed by atoms with van der Waals surface area (Å²) in [5.41, 5.74) is 3.14. The summed E-state index contributed by atoms with van der Waals surface area (Å²) in [6, 6.07) is 6.84. The van der Waals surface area contributed by atoms with Crippen molar-refractivity contribution in [2.24, 2.45) is 5.41 Å². The summed E-state index contributed by atoms with van der Waals surface area (Å²) < 4.78 is 13.7. The van der Waals surface area contributed by atoms with E-state index in [2.05, 4.69) is 31.0 Å². The molecule has 2 aliphatic carbocycles. The van der Waals surface area contributed by atoms with Crippen molar-refractivity contribution in [2.45, 2.75) is 55.9 Å². The fraction of sp³-hybridized carbons (Fsp3) is 0.500. The second kappa shape index (κ2) is 5.00. The molecule has 0 aliphatic heterocycles. The van der Waals surface area contributed by atoms with E-state index in [1.54, 1.807) is 12.1 Å². The van der Waals surface area contributed by atoms with Gasteiger partial charge in [0.25, 0.3) is 0 Å². The first kappa shape index (κ1) is 15.1. The number of fused-ring (bicyclic) bond motifs is 5. The highest BCUT2D eigenvalue weighted by atomic mass is 32.2. The fourth-order valence-electron chi connectivity index (χ4n) is 4.18. The van der Waals surface area contributed by atoms with Crippen LogP contribution in [0.5, 0.6) is 0 Å². The molecule has 1 aromatic heterocycles. The maximum absolute atomic E-state index is 13.7. The van der Waals surface area contributed by atoms with Crippen molar-refractivity contribution in [2.75, 3.05) is 0 Å². The van der Waals surface area contributed by atoms with Gasteiger partial charge in [-0.15, -0.1) is 5.10 Å². The van der Waals surface area contributed by atoms with Crippen LogP contribution in [0.15, 0.2) is 29.4 Å². The molecule has 1 aromatic carbocycles. The maximum atomic E-state index is 13.7. The number of hydrogen-bond donors (Lipinski definition) is 0. The van der Waals surface area contributed by atoms with Crippen molar-refractivity contribution < 1.29 is 4.39 Å². The Morgan fingerprint density at radius 2 is 2.00 bits per heavy atom. The van der Waals surface area contributed by atoms with E-state index in [1.165, 1.54) is 24.2 Å². The van der Waals surface area contributed by atoms with Gasteiger partial charge in [-0.2, -0.15) is 5.10 Å². The molecule has 1 heterocycles. The van der Waals surface area contributed by atoms with Gasteiger partial charge < -0.3 is 0 Å². The van der Waals surface area contributed by atoms with Gasteiger partial charge in [0, 0.05) is 17.1 Å². The third kappa shape index (κ3) is 2.05. The molecule has 0 radical (unpaired) electrons. The molecule has 23 heavy (non-hydrogen) atoms. The van der Waals surface area contributed by atoms with Crippen LogP contribution < -0.4 is 0 Å². The topological polar surface area (TPSA) is 38.7 Å². The van der Waals surface area contributed by atoms with E-state index in [0.29, 0.717) is 22.4 Å². The second-order valence-corrected chi connectivity index (χ2v) is 8.30. The van der Waals surface area contributed by atoms with Crippen molar-refractivity contribution >= 4 is 11.8 Å². The number of hydrogen-bond acceptors (Lipinski definition) is 4. The number of nitrogens with zero attached hydrogens (tertiary/aromatic N) is 3. The van der Waals surface area contributed by atoms with Crippen molar-refractivity contribution in [3.63, 3.8) is 0 Å². The Kier molecular flexibility index (Phi) is 3.28. The molecule has 2 aliphatic rings. The Balaban J connectivity index is 1.62. The predicted octanol–water partition coefficient (Wildman–Crippen LogP) is 4.48. The standard InChI is InChI=1S/C18H20FN3S/c1-17(2)12-8-9-18(17,3)15-14(12)21-22-16(20-15)23-10-11-6-4-5-7-13(11)19/h4-7,12H,8-10H2,1-3H3/t12-,18-/m0/s1. The highest BCUT2D eigenvalue weighted by Gasteiger charge is 2.61. The highest BCUT2D eigenvalue weighted by molar-refractivity contribution is 7.98. The molecule has 120 valence electrons. The minimum absolute atomic E-state index is 0.0796. The van der Waals surface area contributed by atoms with Gasteiger partial charge in [0.05, 0.1) is 11.4 Å². The normalized spacial score (nSPS) is 27.2. The molecule has 2 atom stereocenters. The first-order valence-electron chi connectivity index (χ1n) is 8.05. The molecule has 2 bridgehead atoms. The summed E-state index contributed by atoms with van der Waals surface area (Å²) in [5.74, 6) is 0.811. The smallest absolute Gasteiger partial charge is 0.209 e. The molecule has 2 aromatic rings. The summed E-state index contributed by atoms with van der Waals surface area (Å²) in [6.07, 6.45) is 2.34. The average molecular weight is 329 g/mol. The van der Waals surface area contributed by atoms with Gasteiger partial charge in [-0.3, -0.25) is 0 Å². The van der Waals surface area contributed by atoms with Gasteiger partial charge in [-0.05, 0) is 29.9 Å². The minimum atomic E-state index is -0.179. The van der Waals surface area contributed by atoms with Gasteiger partial charge in [0.15, 0.2) is 0 Å². The SMILES string of the molecule is CC1(C)[C@H]2CC[C@@]1(C)c1nc(SCc3ccccc3F)nnc12. The van der Waals surface area contributed by atoms with Gasteiger partial charge in [0.1, 0.15) is 5.82 Å².